The highest BCUT2D eigenvalue weighted by atomic mass is 79.9. The first-order valence-corrected chi connectivity index (χ1v) is 17.6. The van der Waals surface area contributed by atoms with Crippen molar-refractivity contribution in [2.75, 3.05) is 38.3 Å². The lowest BCUT2D eigenvalue weighted by atomic mass is 9.74. The Bertz CT molecular complexity index is 1620. The predicted octanol–water partition coefficient (Wildman–Crippen LogP) is 4.08. The number of nitrogens with one attached hydrogen (secondary N) is 1. The molecule has 2 aromatic carbocycles. The number of carbonyl (C=O) groups excluding carboxylic acids is 4. The number of hydrogen-bond acceptors (Lipinski definition) is 8. The Morgan fingerprint density at radius 1 is 1.02 bits per heavy atom. The van der Waals surface area contributed by atoms with Crippen molar-refractivity contribution in [2.45, 2.75) is 55.6 Å². The fourth-order valence-electron chi connectivity index (χ4n) is 7.40. The molecule has 4 aliphatic heterocycles. The van der Waals surface area contributed by atoms with Gasteiger partial charge in [-0.1, -0.05) is 70.0 Å². The van der Waals surface area contributed by atoms with E-state index in [9.17, 15) is 24.3 Å². The van der Waals surface area contributed by atoms with Crippen molar-refractivity contribution in [1.29, 1.82) is 0 Å². The van der Waals surface area contributed by atoms with E-state index in [1.807, 2.05) is 30.4 Å². The van der Waals surface area contributed by atoms with E-state index >= 15 is 0 Å². The fraction of sp³-hybridized carbons (Fsp3) is 0.444. The molecule has 4 aliphatic rings. The molecule has 0 aliphatic carbocycles. The summed E-state index contributed by atoms with van der Waals surface area (Å²) in [5.74, 6) is -3.90. The lowest BCUT2D eigenvalue weighted by Crippen LogP contribution is -2.56. The number of ether oxygens (including phenoxy) is 3. The number of esters is 1. The van der Waals surface area contributed by atoms with Gasteiger partial charge in [-0.05, 0) is 55.2 Å². The quantitative estimate of drug-likeness (QED) is 0.234. The molecule has 3 amide bonds. The number of unbranched alkanes of at least 4 members (excludes halogenated alkanes) is 1. The van der Waals surface area contributed by atoms with Crippen molar-refractivity contribution < 1.29 is 38.5 Å². The Hall–Kier alpha value is -3.55. The zero-order valence-electron chi connectivity index (χ0n) is 27.0. The lowest BCUT2D eigenvalue weighted by Gasteiger charge is -2.36. The van der Waals surface area contributed by atoms with Crippen LogP contribution >= 0.6 is 27.5 Å². The highest BCUT2D eigenvalue weighted by Crippen LogP contribution is 2.59. The number of methoxy groups -OCH3 is 1. The molecule has 1 spiro atoms. The zero-order chi connectivity index (χ0) is 34.7. The molecule has 11 nitrogen and oxygen atoms in total. The average molecular weight is 757 g/mol. The molecule has 0 saturated carbocycles. The molecule has 2 N–H and O–H groups in total. The molecule has 0 unspecified atom stereocenters. The molecule has 7 atom stereocenters. The number of fused-ring (bicyclic) bond motifs is 2. The van der Waals surface area contributed by atoms with Gasteiger partial charge in [-0.25, -0.2) is 0 Å². The van der Waals surface area contributed by atoms with E-state index in [2.05, 4.69) is 21.2 Å². The van der Waals surface area contributed by atoms with Crippen LogP contribution in [0.15, 0.2) is 77.3 Å². The van der Waals surface area contributed by atoms with Crippen LogP contribution in [0.2, 0.25) is 5.02 Å². The van der Waals surface area contributed by atoms with Crippen molar-refractivity contribution in [3.63, 3.8) is 0 Å². The second-order valence-electron chi connectivity index (χ2n) is 12.6. The Morgan fingerprint density at radius 3 is 2.49 bits per heavy atom. The minimum absolute atomic E-state index is 0.0557. The van der Waals surface area contributed by atoms with Crippen molar-refractivity contribution >= 4 is 56.9 Å². The average Bonchev–Trinajstić information content (AvgIpc) is 3.68. The summed E-state index contributed by atoms with van der Waals surface area (Å²) in [6.07, 6.45) is 4.98. The van der Waals surface area contributed by atoms with Crippen LogP contribution in [0.25, 0.3) is 0 Å². The van der Waals surface area contributed by atoms with Crippen molar-refractivity contribution in [3.05, 3.63) is 87.9 Å². The second-order valence-corrected chi connectivity index (χ2v) is 14.0. The molecule has 0 radical (unpaired) electrons. The Balaban J connectivity index is 1.47. The maximum absolute atomic E-state index is 14.9. The van der Waals surface area contributed by atoms with Crippen molar-refractivity contribution in [2.24, 2.45) is 11.8 Å². The molecular weight excluding hydrogens is 718 g/mol. The molecule has 4 heterocycles. The fourth-order valence-corrected chi connectivity index (χ4v) is 8.26. The topological polar surface area (TPSA) is 135 Å². The molecule has 2 saturated heterocycles. The number of nitrogens with zero attached hydrogens (tertiary/aromatic N) is 2. The zero-order valence-corrected chi connectivity index (χ0v) is 29.3. The van der Waals surface area contributed by atoms with Crippen LogP contribution in [-0.2, 0) is 33.4 Å². The first-order chi connectivity index (χ1) is 23.7. The standard InChI is InChI=1S/C36H39BrClN3O8/c1-47-21-26-30(22-10-4-2-5-11-22)48-35(46)28-29-33(44)41(18-8-9-19-42)32(36(29)20-25(37)31(28)49-36)34(45)40(24-15-13-23(38)14-16-24)17-7-3-6-12-27(43)39-26/h2-5,7,10-11,13-16,20,26,28-32,42H,6,8-9,12,17-19,21H2,1H3,(H,39,43)/b7-3-/t26-,28+,29-,30-,31+,32+,36-/m1/s1. The van der Waals surface area contributed by atoms with Gasteiger partial charge in [0, 0.05) is 48.4 Å². The van der Waals surface area contributed by atoms with E-state index in [1.54, 1.807) is 47.4 Å². The van der Waals surface area contributed by atoms with Gasteiger partial charge in [0.15, 0.2) is 0 Å². The number of allylic oxidation sites excluding steroid dienone is 1. The number of carbonyl (C=O) groups is 4. The second kappa shape index (κ2) is 15.1. The van der Waals surface area contributed by atoms with Gasteiger partial charge in [0.05, 0.1) is 18.6 Å². The Morgan fingerprint density at radius 2 is 1.78 bits per heavy atom. The van der Waals surface area contributed by atoms with Gasteiger partial charge in [0.25, 0.3) is 5.91 Å². The largest absolute Gasteiger partial charge is 0.455 e. The summed E-state index contributed by atoms with van der Waals surface area (Å²) < 4.78 is 18.9. The minimum atomic E-state index is -1.47. The number of anilines is 1. The van der Waals surface area contributed by atoms with Gasteiger partial charge in [-0.2, -0.15) is 0 Å². The highest BCUT2D eigenvalue weighted by Gasteiger charge is 2.75. The van der Waals surface area contributed by atoms with E-state index in [0.717, 1.165) is 0 Å². The number of amides is 3. The molecule has 5 bridgehead atoms. The van der Waals surface area contributed by atoms with Crippen LogP contribution in [0.1, 0.15) is 37.4 Å². The number of aliphatic hydroxyl groups is 1. The summed E-state index contributed by atoms with van der Waals surface area (Å²) in [5, 5.41) is 13.0. The minimum Gasteiger partial charge on any atom is -0.455 e. The number of rotatable bonds is 8. The Kier molecular flexibility index (Phi) is 10.9. The summed E-state index contributed by atoms with van der Waals surface area (Å²) in [7, 11) is 1.50. The van der Waals surface area contributed by atoms with E-state index < -0.39 is 59.5 Å². The molecule has 49 heavy (non-hydrogen) atoms. The number of hydrogen-bond donors (Lipinski definition) is 2. The molecule has 0 aromatic heterocycles. The number of cyclic esters (lactones) is 1. The molecule has 2 aromatic rings. The summed E-state index contributed by atoms with van der Waals surface area (Å²) in [6, 6.07) is 14.0. The molecule has 6 rings (SSSR count). The number of likely N-dealkylation sites (tertiary alicyclic amines) is 1. The number of benzene rings is 2. The summed E-state index contributed by atoms with van der Waals surface area (Å²) in [6.45, 7) is 0.296. The van der Waals surface area contributed by atoms with Gasteiger partial charge in [0.2, 0.25) is 11.8 Å². The number of halogens is 2. The third-order valence-corrected chi connectivity index (χ3v) is 10.5. The van der Waals surface area contributed by atoms with Crippen molar-refractivity contribution in [1.82, 2.24) is 10.2 Å². The third-order valence-electron chi connectivity index (χ3n) is 9.57. The van der Waals surface area contributed by atoms with Gasteiger partial charge in [-0.15, -0.1) is 0 Å². The smallest absolute Gasteiger partial charge is 0.313 e. The summed E-state index contributed by atoms with van der Waals surface area (Å²) in [5.41, 5.74) is -0.276. The molecule has 260 valence electrons. The van der Waals surface area contributed by atoms with Gasteiger partial charge < -0.3 is 34.4 Å². The van der Waals surface area contributed by atoms with Crippen LogP contribution in [0.5, 0.6) is 0 Å². The normalized spacial score (nSPS) is 31.0. The van der Waals surface area contributed by atoms with Gasteiger partial charge in [-0.3, -0.25) is 19.2 Å². The van der Waals surface area contributed by atoms with Crippen LogP contribution in [-0.4, -0.2) is 90.9 Å². The van der Waals surface area contributed by atoms with Crippen LogP contribution < -0.4 is 10.2 Å². The monoisotopic (exact) mass is 755 g/mol. The third kappa shape index (κ3) is 6.81. The maximum atomic E-state index is 14.9. The first kappa shape index (κ1) is 35.3. The lowest BCUT2D eigenvalue weighted by molar-refractivity contribution is -0.162. The maximum Gasteiger partial charge on any atom is 0.313 e. The van der Waals surface area contributed by atoms with Gasteiger partial charge >= 0.3 is 5.97 Å². The van der Waals surface area contributed by atoms with E-state index in [-0.39, 0.29) is 38.6 Å². The van der Waals surface area contributed by atoms with E-state index in [4.69, 9.17) is 25.8 Å². The molecule has 2 fully saturated rings. The Labute approximate surface area is 298 Å². The first-order valence-electron chi connectivity index (χ1n) is 16.4. The van der Waals surface area contributed by atoms with Crippen molar-refractivity contribution in [3.8, 4) is 0 Å². The highest BCUT2D eigenvalue weighted by molar-refractivity contribution is 9.11. The van der Waals surface area contributed by atoms with Crippen LogP contribution in [0, 0.1) is 11.8 Å². The van der Waals surface area contributed by atoms with Crippen LogP contribution in [0.4, 0.5) is 5.69 Å². The van der Waals surface area contributed by atoms with E-state index in [1.165, 1.54) is 12.0 Å². The molecular formula is C36H39BrClN3O8. The molecule has 13 heteroatoms. The van der Waals surface area contributed by atoms with E-state index in [0.29, 0.717) is 40.0 Å². The SMILES string of the molecule is COC[C@H]1NC(=O)CC/C=C\CN(c2ccc(Cl)cc2)C(=O)[C@@H]2N(CCCCO)C(=O)[C@H]3[C@H](C(=O)O[C@@H]1c1ccccc1)[C@H]1O[C@@]23C=C1Br. The predicted molar refractivity (Wildman–Crippen MR) is 185 cm³/mol. The van der Waals surface area contributed by atoms with Crippen LogP contribution in [0.3, 0.4) is 0 Å². The number of aliphatic hydroxyl groups excluding tert-OH is 1. The summed E-state index contributed by atoms with van der Waals surface area (Å²) in [4.78, 5) is 60.1. The summed E-state index contributed by atoms with van der Waals surface area (Å²) >= 11 is 9.79. The van der Waals surface area contributed by atoms with Gasteiger partial charge in [0.1, 0.15) is 29.8 Å².